The molecule has 2 aliphatic rings. The highest BCUT2D eigenvalue weighted by molar-refractivity contribution is 5.75. The number of hydrogen-bond acceptors (Lipinski definition) is 0. The summed E-state index contributed by atoms with van der Waals surface area (Å²) >= 11 is 0. The van der Waals surface area contributed by atoms with Gasteiger partial charge in [-0.05, 0) is 12.8 Å². The molecule has 0 unspecified atom stereocenters. The second-order valence-electron chi connectivity index (χ2n) is 3.51. The molecule has 0 aromatic rings. The maximum Gasteiger partial charge on any atom is 0.00671 e. The number of hydrogen-bond donors (Lipinski definition) is 0. The third kappa shape index (κ3) is 1.58. The zero-order valence-electron chi connectivity index (χ0n) is 6.92. The van der Waals surface area contributed by atoms with Gasteiger partial charge in [0, 0.05) is 13.8 Å². The van der Waals surface area contributed by atoms with E-state index in [0.29, 0.717) is 5.41 Å². The highest BCUT2D eigenvalue weighted by atomic mass is 14.3. The predicted molar refractivity (Wildman–Crippen MR) is 49.6 cm³/mol. The van der Waals surface area contributed by atoms with Gasteiger partial charge < -0.3 is 0 Å². The molecule has 1 saturated carbocycles. The van der Waals surface area contributed by atoms with Crippen molar-refractivity contribution in [3.05, 3.63) is 24.3 Å². The Morgan fingerprint density at radius 2 is 1.36 bits per heavy atom. The maximum atomic E-state index is 2.38. The van der Waals surface area contributed by atoms with E-state index in [1.807, 2.05) is 0 Å². The molecule has 11 heavy (non-hydrogen) atoms. The van der Waals surface area contributed by atoms with E-state index in [1.54, 1.807) is 0 Å². The number of rotatable bonds is 0. The van der Waals surface area contributed by atoms with Crippen molar-refractivity contribution >= 4 is 8.41 Å². The van der Waals surface area contributed by atoms with E-state index >= 15 is 0 Å². The van der Waals surface area contributed by atoms with Crippen LogP contribution >= 0.6 is 0 Å². The van der Waals surface area contributed by atoms with Gasteiger partial charge in [-0.15, -0.1) is 0 Å². The zero-order chi connectivity index (χ0) is 6.86. The van der Waals surface area contributed by atoms with Gasteiger partial charge in [0.25, 0.3) is 0 Å². The molecule has 2 rings (SSSR count). The first-order valence-corrected chi connectivity index (χ1v) is 4.28. The Kier molecular flexibility index (Phi) is 2.59. The maximum absolute atomic E-state index is 2.38. The lowest BCUT2D eigenvalue weighted by Gasteiger charge is -2.29. The van der Waals surface area contributed by atoms with Gasteiger partial charge >= 0.3 is 0 Å². The third-order valence-corrected chi connectivity index (χ3v) is 2.75. The van der Waals surface area contributed by atoms with Crippen molar-refractivity contribution in [2.75, 3.05) is 0 Å². The van der Waals surface area contributed by atoms with Crippen LogP contribution in [-0.4, -0.2) is 8.41 Å². The normalized spacial score (nSPS) is 25.5. The quantitative estimate of drug-likeness (QED) is 0.459. The van der Waals surface area contributed by atoms with Crippen molar-refractivity contribution in [1.82, 2.24) is 0 Å². The molecule has 0 heterocycles. The molecule has 0 nitrogen and oxygen atoms in total. The second-order valence-corrected chi connectivity index (χ2v) is 3.51. The van der Waals surface area contributed by atoms with Gasteiger partial charge in [0.15, 0.2) is 0 Å². The average Bonchev–Trinajstić information content (AvgIpc) is 2.39. The average molecular weight is 145 g/mol. The monoisotopic (exact) mass is 145 g/mol. The Balaban J connectivity index is 0.000000605. The van der Waals surface area contributed by atoms with Gasteiger partial charge in [-0.3, -0.25) is 0 Å². The van der Waals surface area contributed by atoms with Crippen molar-refractivity contribution in [2.24, 2.45) is 5.41 Å². The Morgan fingerprint density at radius 1 is 0.818 bits per heavy atom. The molecule has 0 aliphatic heterocycles. The van der Waals surface area contributed by atoms with Crippen LogP contribution in [0.15, 0.2) is 24.3 Å². The molecule has 0 bridgehead atoms. The first kappa shape index (κ1) is 8.64. The van der Waals surface area contributed by atoms with E-state index in [-0.39, 0.29) is 8.41 Å². The summed E-state index contributed by atoms with van der Waals surface area (Å²) in [6.07, 6.45) is 16.2. The summed E-state index contributed by atoms with van der Waals surface area (Å²) in [5.41, 5.74) is 0.512. The molecule has 0 atom stereocenters. The summed E-state index contributed by atoms with van der Waals surface area (Å²) in [6.45, 7) is 0. The van der Waals surface area contributed by atoms with Crippen LogP contribution < -0.4 is 0 Å². The van der Waals surface area contributed by atoms with E-state index in [1.165, 1.54) is 32.1 Å². The van der Waals surface area contributed by atoms with Crippen LogP contribution in [0.3, 0.4) is 0 Å². The van der Waals surface area contributed by atoms with Crippen LogP contribution in [0, 0.1) is 5.41 Å². The van der Waals surface area contributed by atoms with Gasteiger partial charge in [0.05, 0.1) is 0 Å². The smallest absolute Gasteiger partial charge is 0.00671 e. The molecule has 3 radical (unpaired) electrons. The Hall–Kier alpha value is -0.455. The van der Waals surface area contributed by atoms with Crippen LogP contribution in [0.4, 0.5) is 0 Å². The molecular formula is C10H14B. The van der Waals surface area contributed by atoms with Gasteiger partial charge in [-0.25, -0.2) is 0 Å². The molecule has 1 heteroatoms. The van der Waals surface area contributed by atoms with Crippen molar-refractivity contribution in [3.63, 3.8) is 0 Å². The molecule has 2 aliphatic carbocycles. The Morgan fingerprint density at radius 3 is 1.91 bits per heavy atom. The topological polar surface area (TPSA) is 0 Å². The summed E-state index contributed by atoms with van der Waals surface area (Å²) in [4.78, 5) is 0. The number of allylic oxidation sites excluding steroid dienone is 4. The summed E-state index contributed by atoms with van der Waals surface area (Å²) in [5, 5.41) is 0. The van der Waals surface area contributed by atoms with Crippen LogP contribution in [0.2, 0.25) is 0 Å². The van der Waals surface area contributed by atoms with Crippen LogP contribution in [0.25, 0.3) is 0 Å². The molecule has 1 fully saturated rings. The van der Waals surface area contributed by atoms with Gasteiger partial charge in [0.2, 0.25) is 0 Å². The fraction of sp³-hybridized carbons (Fsp3) is 0.600. The van der Waals surface area contributed by atoms with E-state index < -0.39 is 0 Å². The molecule has 0 amide bonds. The van der Waals surface area contributed by atoms with E-state index in [4.69, 9.17) is 0 Å². The van der Waals surface area contributed by atoms with Crippen molar-refractivity contribution in [3.8, 4) is 0 Å². The van der Waals surface area contributed by atoms with Crippen LogP contribution in [0.5, 0.6) is 0 Å². The SMILES string of the molecule is C1=CC2(C=C1)CCCCC2.[B]. The molecular weight excluding hydrogens is 131 g/mol. The summed E-state index contributed by atoms with van der Waals surface area (Å²) in [6, 6.07) is 0. The molecule has 0 N–H and O–H groups in total. The first-order chi connectivity index (χ1) is 4.91. The molecule has 57 valence electrons. The van der Waals surface area contributed by atoms with Gasteiger partial charge in [-0.2, -0.15) is 0 Å². The summed E-state index contributed by atoms with van der Waals surface area (Å²) < 4.78 is 0. The van der Waals surface area contributed by atoms with E-state index in [0.717, 1.165) is 0 Å². The lowest BCUT2D eigenvalue weighted by atomic mass is 9.75. The van der Waals surface area contributed by atoms with Crippen molar-refractivity contribution < 1.29 is 0 Å². The third-order valence-electron chi connectivity index (χ3n) is 2.75. The molecule has 1 spiro atoms. The van der Waals surface area contributed by atoms with Crippen molar-refractivity contribution in [1.29, 1.82) is 0 Å². The lowest BCUT2D eigenvalue weighted by Crippen LogP contribution is -2.16. The molecule has 0 aromatic carbocycles. The fourth-order valence-electron chi connectivity index (χ4n) is 2.09. The van der Waals surface area contributed by atoms with Gasteiger partial charge in [0.1, 0.15) is 0 Å². The fourth-order valence-corrected chi connectivity index (χ4v) is 2.09. The van der Waals surface area contributed by atoms with E-state index in [9.17, 15) is 0 Å². The molecule has 0 aromatic heterocycles. The lowest BCUT2D eigenvalue weighted by molar-refractivity contribution is 0.330. The second kappa shape index (κ2) is 3.29. The first-order valence-electron chi connectivity index (χ1n) is 4.28. The van der Waals surface area contributed by atoms with Crippen molar-refractivity contribution in [2.45, 2.75) is 32.1 Å². The summed E-state index contributed by atoms with van der Waals surface area (Å²) in [5.74, 6) is 0. The Labute approximate surface area is 71.0 Å². The minimum absolute atomic E-state index is 0. The van der Waals surface area contributed by atoms with Gasteiger partial charge in [-0.1, -0.05) is 43.6 Å². The van der Waals surface area contributed by atoms with Crippen LogP contribution in [0.1, 0.15) is 32.1 Å². The van der Waals surface area contributed by atoms with E-state index in [2.05, 4.69) is 24.3 Å². The largest absolute Gasteiger partial charge is 0.0745 e. The zero-order valence-corrected chi connectivity index (χ0v) is 6.92. The standard InChI is InChI=1S/C10H14.B/c1-2-6-10(7-3-1)8-4-5-9-10;/h4-5,8-9H,1-3,6-7H2;. The minimum atomic E-state index is 0. The predicted octanol–water partition coefficient (Wildman–Crippen LogP) is 2.68. The van der Waals surface area contributed by atoms with Crippen LogP contribution in [-0.2, 0) is 0 Å². The minimum Gasteiger partial charge on any atom is -0.0745 e. The highest BCUT2D eigenvalue weighted by Gasteiger charge is 2.27. The Bertz CT molecular complexity index is 159. The summed E-state index contributed by atoms with van der Waals surface area (Å²) in [7, 11) is 0. The molecule has 0 saturated heterocycles. The highest BCUT2D eigenvalue weighted by Crippen LogP contribution is 2.40.